The fraction of sp³-hybridized carbons (Fsp3) is 0.333. The van der Waals surface area contributed by atoms with E-state index in [-0.39, 0.29) is 6.42 Å². The number of halogens is 3. The van der Waals surface area contributed by atoms with E-state index in [0.29, 0.717) is 28.1 Å². The van der Waals surface area contributed by atoms with E-state index >= 15 is 0 Å². The maximum Gasteiger partial charge on any atom is 0.132 e. The van der Waals surface area contributed by atoms with E-state index in [1.54, 1.807) is 12.3 Å². The van der Waals surface area contributed by atoms with E-state index < -0.39 is 20.0 Å². The second-order valence-corrected chi connectivity index (χ2v) is 4.58. The van der Waals surface area contributed by atoms with Crippen molar-refractivity contribution in [3.8, 4) is 0 Å². The van der Waals surface area contributed by atoms with E-state index in [0.717, 1.165) is 5.69 Å². The first-order valence-electron chi connectivity index (χ1n) is 6.28. The quantitative estimate of drug-likeness (QED) is 0.833. The summed E-state index contributed by atoms with van der Waals surface area (Å²) < 4.78 is 38.9. The lowest BCUT2D eigenvalue weighted by molar-refractivity contribution is 0.461. The molecule has 5 heteroatoms. The molecule has 20 heavy (non-hydrogen) atoms. The number of hydrogen-bond donors (Lipinski definition) is 0. The molecule has 2 nitrogen and oxygen atoms in total. The molecule has 1 aromatic carbocycles. The summed E-state index contributed by atoms with van der Waals surface area (Å²) in [7, 11) is 0. The summed E-state index contributed by atoms with van der Waals surface area (Å²) in [6.45, 7) is -0.436. The first-order chi connectivity index (χ1) is 9.67. The molecule has 0 spiro atoms. The zero-order valence-corrected chi connectivity index (χ0v) is 11.2. The third-order valence-electron chi connectivity index (χ3n) is 3.12. The Bertz CT molecular complexity index is 574. The van der Waals surface area contributed by atoms with Crippen LogP contribution >= 0.6 is 0 Å². The van der Waals surface area contributed by atoms with Crippen LogP contribution in [0, 0.1) is 6.92 Å². The van der Waals surface area contributed by atoms with Crippen molar-refractivity contribution in [2.45, 2.75) is 33.4 Å². The number of rotatable bonds is 5. The predicted molar refractivity (Wildman–Crippen MR) is 70.5 cm³/mol. The number of aromatic nitrogens is 2. The van der Waals surface area contributed by atoms with Crippen LogP contribution in [-0.4, -0.2) is 9.97 Å². The van der Waals surface area contributed by atoms with Gasteiger partial charge in [0.05, 0.1) is 0 Å². The highest BCUT2D eigenvalue weighted by Crippen LogP contribution is 2.23. The van der Waals surface area contributed by atoms with Crippen LogP contribution in [0.4, 0.5) is 13.2 Å². The molecule has 0 bridgehead atoms. The van der Waals surface area contributed by atoms with Crippen LogP contribution < -0.4 is 0 Å². The summed E-state index contributed by atoms with van der Waals surface area (Å²) in [6.07, 6.45) is 1.85. The normalized spacial score (nSPS) is 10.8. The predicted octanol–water partition coefficient (Wildman–Crippen LogP) is 3.78. The van der Waals surface area contributed by atoms with E-state index in [2.05, 4.69) is 9.97 Å². The summed E-state index contributed by atoms with van der Waals surface area (Å²) in [5.41, 5.74) is 2.20. The zero-order chi connectivity index (χ0) is 14.5. The highest BCUT2D eigenvalue weighted by Gasteiger charge is 2.13. The summed E-state index contributed by atoms with van der Waals surface area (Å²) in [5.74, 6) is 0.502. The monoisotopic (exact) mass is 280 g/mol. The van der Waals surface area contributed by atoms with E-state index in [1.807, 2.05) is 6.92 Å². The molecule has 0 aliphatic rings. The molecule has 0 saturated carbocycles. The Balaban J connectivity index is 2.44. The van der Waals surface area contributed by atoms with Crippen molar-refractivity contribution < 1.29 is 13.2 Å². The van der Waals surface area contributed by atoms with Gasteiger partial charge in [0.2, 0.25) is 0 Å². The lowest BCUT2D eigenvalue weighted by atomic mass is 9.96. The van der Waals surface area contributed by atoms with E-state index in [1.165, 1.54) is 12.1 Å². The molecule has 2 rings (SSSR count). The fourth-order valence-electron chi connectivity index (χ4n) is 2.16. The molecule has 0 radical (unpaired) electrons. The van der Waals surface area contributed by atoms with Gasteiger partial charge in [-0.3, -0.25) is 0 Å². The van der Waals surface area contributed by atoms with Crippen molar-refractivity contribution in [1.82, 2.24) is 9.97 Å². The van der Waals surface area contributed by atoms with Gasteiger partial charge in [0.15, 0.2) is 0 Å². The van der Waals surface area contributed by atoms with Gasteiger partial charge in [0, 0.05) is 18.3 Å². The Kier molecular flexibility index (Phi) is 4.71. The van der Waals surface area contributed by atoms with Crippen molar-refractivity contribution in [1.29, 1.82) is 0 Å². The van der Waals surface area contributed by atoms with Gasteiger partial charge in [-0.25, -0.2) is 23.1 Å². The SMILES string of the molecule is Cc1ccnc(Cc2c(CF)cc(CF)cc2CF)n1. The number of aryl methyl sites for hydroxylation is 1. The van der Waals surface area contributed by atoms with Crippen LogP contribution in [0.15, 0.2) is 24.4 Å². The van der Waals surface area contributed by atoms with Gasteiger partial charge in [0.1, 0.15) is 25.8 Å². The third-order valence-corrected chi connectivity index (χ3v) is 3.12. The average Bonchev–Trinajstić information content (AvgIpc) is 2.47. The van der Waals surface area contributed by atoms with Crippen LogP contribution in [0.5, 0.6) is 0 Å². The Hall–Kier alpha value is -1.91. The molecule has 0 fully saturated rings. The van der Waals surface area contributed by atoms with Gasteiger partial charge < -0.3 is 0 Å². The summed E-state index contributed by atoms with van der Waals surface area (Å²) in [5, 5.41) is 0. The molecule has 0 aliphatic carbocycles. The minimum absolute atomic E-state index is 0.243. The summed E-state index contributed by atoms with van der Waals surface area (Å²) in [4.78, 5) is 8.33. The minimum atomic E-state index is -0.762. The van der Waals surface area contributed by atoms with E-state index in [4.69, 9.17) is 0 Å². The lowest BCUT2D eigenvalue weighted by Crippen LogP contribution is -2.05. The van der Waals surface area contributed by atoms with Crippen molar-refractivity contribution in [2.24, 2.45) is 0 Å². The lowest BCUT2D eigenvalue weighted by Gasteiger charge is -2.12. The van der Waals surface area contributed by atoms with Gasteiger partial charge in [-0.2, -0.15) is 0 Å². The molecule has 0 unspecified atom stereocenters. The Morgan fingerprint density at radius 1 is 1.00 bits per heavy atom. The molecule has 0 saturated heterocycles. The molecular formula is C15H15F3N2. The molecular weight excluding hydrogens is 265 g/mol. The second kappa shape index (κ2) is 6.50. The van der Waals surface area contributed by atoms with Crippen molar-refractivity contribution in [3.63, 3.8) is 0 Å². The topological polar surface area (TPSA) is 25.8 Å². The fourth-order valence-corrected chi connectivity index (χ4v) is 2.16. The second-order valence-electron chi connectivity index (χ2n) is 4.58. The molecule has 1 aromatic heterocycles. The molecule has 0 aliphatic heterocycles. The largest absolute Gasteiger partial charge is 0.246 e. The van der Waals surface area contributed by atoms with Crippen LogP contribution in [0.25, 0.3) is 0 Å². The van der Waals surface area contributed by atoms with Gasteiger partial charge in [-0.15, -0.1) is 0 Å². The number of benzene rings is 1. The Morgan fingerprint density at radius 2 is 1.65 bits per heavy atom. The standard InChI is InChI=1S/C15H15F3N2/c1-10-2-3-19-15(20-10)6-14-12(8-17)4-11(7-16)5-13(14)9-18/h2-5H,6-9H2,1H3. The maximum absolute atomic E-state index is 13.1. The molecule has 0 N–H and O–H groups in total. The maximum atomic E-state index is 13.1. The molecule has 2 aromatic rings. The molecule has 1 heterocycles. The Morgan fingerprint density at radius 3 is 2.15 bits per heavy atom. The van der Waals surface area contributed by atoms with Crippen LogP contribution in [0.1, 0.15) is 33.8 Å². The molecule has 0 atom stereocenters. The number of nitrogens with zero attached hydrogens (tertiary/aromatic N) is 2. The van der Waals surface area contributed by atoms with E-state index in [9.17, 15) is 13.2 Å². The zero-order valence-electron chi connectivity index (χ0n) is 11.2. The first-order valence-corrected chi connectivity index (χ1v) is 6.28. The number of hydrogen-bond acceptors (Lipinski definition) is 2. The average molecular weight is 280 g/mol. The summed E-state index contributed by atoms with van der Waals surface area (Å²) >= 11 is 0. The summed E-state index contributed by atoms with van der Waals surface area (Å²) in [6, 6.07) is 4.62. The third kappa shape index (κ3) is 3.15. The minimum Gasteiger partial charge on any atom is -0.246 e. The van der Waals surface area contributed by atoms with Crippen LogP contribution in [-0.2, 0) is 26.4 Å². The van der Waals surface area contributed by atoms with Crippen molar-refractivity contribution in [2.75, 3.05) is 0 Å². The first kappa shape index (κ1) is 14.5. The van der Waals surface area contributed by atoms with Gasteiger partial charge in [-0.1, -0.05) is 12.1 Å². The van der Waals surface area contributed by atoms with Crippen molar-refractivity contribution in [3.05, 3.63) is 58.2 Å². The van der Waals surface area contributed by atoms with Gasteiger partial charge >= 0.3 is 0 Å². The van der Waals surface area contributed by atoms with Crippen molar-refractivity contribution >= 4 is 0 Å². The highest BCUT2D eigenvalue weighted by molar-refractivity contribution is 5.40. The molecule has 106 valence electrons. The smallest absolute Gasteiger partial charge is 0.132 e. The molecule has 0 amide bonds. The Labute approximate surface area is 115 Å². The van der Waals surface area contributed by atoms with Crippen LogP contribution in [0.3, 0.4) is 0 Å². The van der Waals surface area contributed by atoms with Gasteiger partial charge in [-0.05, 0) is 35.2 Å². The van der Waals surface area contributed by atoms with Gasteiger partial charge in [0.25, 0.3) is 0 Å². The highest BCUT2D eigenvalue weighted by atomic mass is 19.1. The number of alkyl halides is 3. The van der Waals surface area contributed by atoms with Crippen LogP contribution in [0.2, 0.25) is 0 Å².